The second-order valence-electron chi connectivity index (χ2n) is 7.51. The van der Waals surface area contributed by atoms with Gasteiger partial charge in [0.1, 0.15) is 5.00 Å². The fourth-order valence-corrected chi connectivity index (χ4v) is 4.78. The predicted octanol–water partition coefficient (Wildman–Crippen LogP) is 2.88. The number of rotatable bonds is 6. The first kappa shape index (κ1) is 19.8. The molecule has 0 radical (unpaired) electrons. The zero-order valence-corrected chi connectivity index (χ0v) is 17.1. The van der Waals surface area contributed by atoms with E-state index in [1.165, 1.54) is 16.7 Å². The quantitative estimate of drug-likeness (QED) is 0.405. The third-order valence-corrected chi connectivity index (χ3v) is 6.29. The van der Waals surface area contributed by atoms with Crippen LogP contribution in [0.3, 0.4) is 0 Å². The second kappa shape index (κ2) is 8.85. The van der Waals surface area contributed by atoms with E-state index in [9.17, 15) is 0 Å². The van der Waals surface area contributed by atoms with Gasteiger partial charge in [0.15, 0.2) is 0 Å². The molecule has 1 aromatic rings. The Balaban J connectivity index is 2.06. The van der Waals surface area contributed by atoms with Gasteiger partial charge in [0.2, 0.25) is 0 Å². The Kier molecular flexibility index (Phi) is 6.76. The Morgan fingerprint density at radius 2 is 1.77 bits per heavy atom. The van der Waals surface area contributed by atoms with Gasteiger partial charge in [0.05, 0.1) is 6.17 Å². The summed E-state index contributed by atoms with van der Waals surface area (Å²) in [7, 11) is 0. The molecular formula is C21H33ClN4. The van der Waals surface area contributed by atoms with Gasteiger partial charge in [-0.3, -0.25) is 15.5 Å². The Morgan fingerprint density at radius 3 is 2.35 bits per heavy atom. The lowest BCUT2D eigenvalue weighted by molar-refractivity contribution is 0.169. The van der Waals surface area contributed by atoms with Gasteiger partial charge < -0.3 is 5.32 Å². The lowest BCUT2D eigenvalue weighted by Gasteiger charge is -2.45. The Hall–Kier alpha value is -0.910. The molecule has 2 aliphatic rings. The highest BCUT2D eigenvalue weighted by atomic mass is 35.5. The predicted molar refractivity (Wildman–Crippen MR) is 111 cm³/mol. The van der Waals surface area contributed by atoms with Crippen LogP contribution in [-0.2, 0) is 0 Å². The van der Waals surface area contributed by atoms with Crippen molar-refractivity contribution in [1.82, 2.24) is 20.9 Å². The average molecular weight is 377 g/mol. The summed E-state index contributed by atoms with van der Waals surface area (Å²) in [5.74, 6) is 0.219. The van der Waals surface area contributed by atoms with Gasteiger partial charge in [-0.05, 0) is 31.4 Å². The first-order valence-corrected chi connectivity index (χ1v) is 10.3. The maximum atomic E-state index is 7.36. The lowest BCUT2D eigenvalue weighted by atomic mass is 9.80. The molecule has 1 aromatic carbocycles. The molecule has 26 heavy (non-hydrogen) atoms. The SMILES string of the molecule is CC/C(C)=C(/C(c1ccccc1)C1NCCN1)C(C)(Cl)N1CCNCC1. The molecule has 2 saturated heterocycles. The molecule has 0 aliphatic carbocycles. The van der Waals surface area contributed by atoms with Crippen LogP contribution in [0.25, 0.3) is 0 Å². The van der Waals surface area contributed by atoms with Crippen molar-refractivity contribution in [1.29, 1.82) is 0 Å². The Bertz CT molecular complexity index is 602. The number of halogens is 1. The molecule has 4 nitrogen and oxygen atoms in total. The molecule has 3 N–H and O–H groups in total. The van der Waals surface area contributed by atoms with E-state index in [4.69, 9.17) is 11.6 Å². The maximum Gasteiger partial charge on any atom is 0.116 e. The average Bonchev–Trinajstić information content (AvgIpc) is 3.21. The van der Waals surface area contributed by atoms with Crippen LogP contribution in [-0.4, -0.2) is 55.3 Å². The maximum absolute atomic E-state index is 7.36. The molecule has 0 saturated carbocycles. The van der Waals surface area contributed by atoms with E-state index in [0.29, 0.717) is 0 Å². The highest BCUT2D eigenvalue weighted by molar-refractivity contribution is 6.25. The van der Waals surface area contributed by atoms with Gasteiger partial charge in [-0.2, -0.15) is 0 Å². The summed E-state index contributed by atoms with van der Waals surface area (Å²) in [4.78, 5) is 1.94. The van der Waals surface area contributed by atoms with Gasteiger partial charge in [0.25, 0.3) is 0 Å². The van der Waals surface area contributed by atoms with Crippen LogP contribution in [0, 0.1) is 0 Å². The van der Waals surface area contributed by atoms with Crippen LogP contribution in [0.5, 0.6) is 0 Å². The van der Waals surface area contributed by atoms with Crippen molar-refractivity contribution in [3.8, 4) is 0 Å². The van der Waals surface area contributed by atoms with E-state index in [1.807, 2.05) is 0 Å². The summed E-state index contributed by atoms with van der Waals surface area (Å²) < 4.78 is 0. The van der Waals surface area contributed by atoms with Crippen molar-refractivity contribution < 1.29 is 0 Å². The zero-order chi connectivity index (χ0) is 18.6. The first-order chi connectivity index (χ1) is 12.6. The minimum absolute atomic E-state index is 0.217. The molecule has 0 bridgehead atoms. The third-order valence-electron chi connectivity index (χ3n) is 5.85. The van der Waals surface area contributed by atoms with Crippen LogP contribution in [0.1, 0.15) is 38.7 Å². The molecule has 0 aromatic heterocycles. The molecule has 2 atom stereocenters. The minimum Gasteiger partial charge on any atom is -0.314 e. The number of nitrogens with one attached hydrogen (secondary N) is 3. The number of nitrogens with zero attached hydrogens (tertiary/aromatic N) is 1. The highest BCUT2D eigenvalue weighted by Gasteiger charge is 2.42. The van der Waals surface area contributed by atoms with Crippen molar-refractivity contribution in [3.63, 3.8) is 0 Å². The number of allylic oxidation sites excluding steroid dienone is 1. The minimum atomic E-state index is -0.491. The number of benzene rings is 1. The topological polar surface area (TPSA) is 39.3 Å². The molecule has 0 spiro atoms. The molecule has 2 heterocycles. The number of hydrogen-bond acceptors (Lipinski definition) is 4. The Labute approximate surface area is 163 Å². The zero-order valence-electron chi connectivity index (χ0n) is 16.3. The van der Waals surface area contributed by atoms with E-state index in [-0.39, 0.29) is 12.1 Å². The van der Waals surface area contributed by atoms with Gasteiger partial charge >= 0.3 is 0 Å². The highest BCUT2D eigenvalue weighted by Crippen LogP contribution is 2.43. The molecule has 2 fully saturated rings. The van der Waals surface area contributed by atoms with E-state index >= 15 is 0 Å². The molecule has 2 unspecified atom stereocenters. The summed E-state index contributed by atoms with van der Waals surface area (Å²) >= 11 is 7.36. The molecule has 3 rings (SSSR count). The summed E-state index contributed by atoms with van der Waals surface area (Å²) in [5, 5.41) is 10.8. The number of hydrogen-bond donors (Lipinski definition) is 3. The van der Waals surface area contributed by atoms with Crippen molar-refractivity contribution in [3.05, 3.63) is 47.0 Å². The van der Waals surface area contributed by atoms with Gasteiger partial charge in [-0.25, -0.2) is 0 Å². The number of piperazine rings is 1. The molecular weight excluding hydrogens is 344 g/mol. The van der Waals surface area contributed by atoms with E-state index in [1.54, 1.807) is 0 Å². The van der Waals surface area contributed by atoms with Crippen LogP contribution >= 0.6 is 11.6 Å². The van der Waals surface area contributed by atoms with Crippen LogP contribution < -0.4 is 16.0 Å². The Morgan fingerprint density at radius 1 is 1.15 bits per heavy atom. The van der Waals surface area contributed by atoms with Crippen molar-refractivity contribution >= 4 is 11.6 Å². The third kappa shape index (κ3) is 4.15. The largest absolute Gasteiger partial charge is 0.314 e. The smallest absolute Gasteiger partial charge is 0.116 e. The normalized spacial score (nSPS) is 24.2. The summed E-state index contributed by atoms with van der Waals surface area (Å²) in [6.07, 6.45) is 1.23. The summed E-state index contributed by atoms with van der Waals surface area (Å²) in [6, 6.07) is 10.8. The monoisotopic (exact) mass is 376 g/mol. The van der Waals surface area contributed by atoms with Crippen LogP contribution in [0.4, 0.5) is 0 Å². The fourth-order valence-electron chi connectivity index (χ4n) is 4.33. The number of alkyl halides is 1. The van der Waals surface area contributed by atoms with E-state index < -0.39 is 5.00 Å². The second-order valence-corrected chi connectivity index (χ2v) is 8.25. The van der Waals surface area contributed by atoms with Gasteiger partial charge in [-0.15, -0.1) is 0 Å². The van der Waals surface area contributed by atoms with Crippen molar-refractivity contribution in [2.75, 3.05) is 39.3 Å². The van der Waals surface area contributed by atoms with Gasteiger partial charge in [0, 0.05) is 45.2 Å². The van der Waals surface area contributed by atoms with Crippen LogP contribution in [0.2, 0.25) is 0 Å². The fraction of sp³-hybridized carbons (Fsp3) is 0.619. The molecule has 2 aliphatic heterocycles. The summed E-state index contributed by atoms with van der Waals surface area (Å²) in [6.45, 7) is 12.6. The summed E-state index contributed by atoms with van der Waals surface area (Å²) in [5.41, 5.74) is 4.07. The van der Waals surface area contributed by atoms with Crippen molar-refractivity contribution in [2.24, 2.45) is 0 Å². The van der Waals surface area contributed by atoms with Crippen LogP contribution in [0.15, 0.2) is 41.5 Å². The van der Waals surface area contributed by atoms with Gasteiger partial charge in [-0.1, -0.05) is 54.4 Å². The van der Waals surface area contributed by atoms with Crippen molar-refractivity contribution in [2.45, 2.75) is 44.3 Å². The molecule has 0 amide bonds. The lowest BCUT2D eigenvalue weighted by Crippen LogP contribution is -2.55. The van der Waals surface area contributed by atoms with E-state index in [0.717, 1.165) is 45.7 Å². The van der Waals surface area contributed by atoms with E-state index in [2.05, 4.69) is 72.0 Å². The standard InChI is InChI=1S/C21H33ClN4/c1-4-16(2)19(21(3,22)26-14-12-23-13-15-26)18(20-24-10-11-25-20)17-8-6-5-7-9-17/h5-9,18,20,23-25H,4,10-15H2,1-3H3/b19-16-. The molecule has 5 heteroatoms. The first-order valence-electron chi connectivity index (χ1n) is 9.92. The molecule has 144 valence electrons.